The zero-order valence-corrected chi connectivity index (χ0v) is 16.9. The maximum atomic E-state index is 6.00. The van der Waals surface area contributed by atoms with Gasteiger partial charge in [0.25, 0.3) is 0 Å². The van der Waals surface area contributed by atoms with Gasteiger partial charge in [0.15, 0.2) is 11.5 Å². The highest BCUT2D eigenvalue weighted by molar-refractivity contribution is 5.44. The van der Waals surface area contributed by atoms with E-state index in [1.54, 1.807) is 0 Å². The minimum atomic E-state index is 0.00650. The second-order valence-electron chi connectivity index (χ2n) is 9.08. The third-order valence-corrected chi connectivity index (χ3v) is 5.78. The molecule has 4 nitrogen and oxygen atoms in total. The lowest BCUT2D eigenvalue weighted by Crippen LogP contribution is -2.42. The minimum Gasteiger partial charge on any atom is -0.454 e. The molecule has 1 fully saturated rings. The van der Waals surface area contributed by atoms with Crippen molar-refractivity contribution in [2.45, 2.75) is 71.9 Å². The molecule has 0 spiro atoms. The van der Waals surface area contributed by atoms with Crippen molar-refractivity contribution in [3.05, 3.63) is 23.8 Å². The fraction of sp³-hybridized carbons (Fsp3) is 0.727. The molecule has 1 unspecified atom stereocenters. The number of nitrogens with one attached hydrogen (secondary N) is 1. The van der Waals surface area contributed by atoms with Crippen LogP contribution in [-0.4, -0.2) is 25.5 Å². The first kappa shape index (κ1) is 19.5. The molecule has 146 valence electrons. The predicted molar refractivity (Wildman–Crippen MR) is 105 cm³/mol. The van der Waals surface area contributed by atoms with Crippen molar-refractivity contribution in [1.29, 1.82) is 0 Å². The van der Waals surface area contributed by atoms with Crippen LogP contribution in [0.2, 0.25) is 0 Å². The van der Waals surface area contributed by atoms with E-state index in [2.05, 4.69) is 45.1 Å². The Morgan fingerprint density at radius 2 is 1.92 bits per heavy atom. The van der Waals surface area contributed by atoms with Crippen LogP contribution < -0.4 is 14.8 Å². The van der Waals surface area contributed by atoms with Gasteiger partial charge in [0.1, 0.15) is 0 Å². The van der Waals surface area contributed by atoms with Gasteiger partial charge >= 0.3 is 0 Å². The third-order valence-electron chi connectivity index (χ3n) is 5.78. The van der Waals surface area contributed by atoms with E-state index in [1.807, 2.05) is 6.07 Å². The Hall–Kier alpha value is -1.26. The summed E-state index contributed by atoms with van der Waals surface area (Å²) in [6.45, 7) is 12.3. The van der Waals surface area contributed by atoms with E-state index in [1.165, 1.54) is 37.7 Å². The normalized spacial score (nSPS) is 24.2. The van der Waals surface area contributed by atoms with Gasteiger partial charge < -0.3 is 19.5 Å². The van der Waals surface area contributed by atoms with Crippen LogP contribution in [0.3, 0.4) is 0 Å². The summed E-state index contributed by atoms with van der Waals surface area (Å²) in [7, 11) is 0. The Morgan fingerprint density at radius 3 is 2.69 bits per heavy atom. The fourth-order valence-electron chi connectivity index (χ4n) is 4.37. The quantitative estimate of drug-likeness (QED) is 0.668. The lowest BCUT2D eigenvalue weighted by Gasteiger charge is -2.45. The molecule has 0 radical (unpaired) electrons. The first-order valence-electron chi connectivity index (χ1n) is 10.1. The summed E-state index contributed by atoms with van der Waals surface area (Å²) in [5, 5.41) is 3.64. The van der Waals surface area contributed by atoms with E-state index >= 15 is 0 Å². The predicted octanol–water partition coefficient (Wildman–Crippen LogP) is 4.91. The fourth-order valence-corrected chi connectivity index (χ4v) is 4.37. The van der Waals surface area contributed by atoms with E-state index in [9.17, 15) is 0 Å². The average molecular weight is 362 g/mol. The van der Waals surface area contributed by atoms with E-state index in [4.69, 9.17) is 14.2 Å². The van der Waals surface area contributed by atoms with Gasteiger partial charge in [-0.25, -0.2) is 0 Å². The highest BCUT2D eigenvalue weighted by Crippen LogP contribution is 2.45. The molecule has 1 aromatic carbocycles. The van der Waals surface area contributed by atoms with Crippen LogP contribution in [-0.2, 0) is 11.3 Å². The van der Waals surface area contributed by atoms with Crippen LogP contribution in [0.1, 0.15) is 65.4 Å². The van der Waals surface area contributed by atoms with E-state index < -0.39 is 0 Å². The molecule has 0 aromatic heterocycles. The molecule has 1 N–H and O–H groups in total. The van der Waals surface area contributed by atoms with Gasteiger partial charge in [-0.1, -0.05) is 26.3 Å². The molecule has 1 saturated heterocycles. The average Bonchev–Trinajstić information content (AvgIpc) is 3.04. The van der Waals surface area contributed by atoms with Crippen LogP contribution in [0.25, 0.3) is 0 Å². The maximum absolute atomic E-state index is 6.00. The summed E-state index contributed by atoms with van der Waals surface area (Å²) >= 11 is 0. The van der Waals surface area contributed by atoms with Crippen LogP contribution in [0.4, 0.5) is 0 Å². The first-order valence-corrected chi connectivity index (χ1v) is 10.1. The largest absolute Gasteiger partial charge is 0.454 e. The Balaban J connectivity index is 1.52. The number of benzene rings is 1. The van der Waals surface area contributed by atoms with Crippen molar-refractivity contribution in [1.82, 2.24) is 5.32 Å². The van der Waals surface area contributed by atoms with Crippen molar-refractivity contribution in [2.24, 2.45) is 11.3 Å². The van der Waals surface area contributed by atoms with Gasteiger partial charge in [0.05, 0.1) is 5.60 Å². The minimum absolute atomic E-state index is 0.00650. The summed E-state index contributed by atoms with van der Waals surface area (Å²) in [6, 6.07) is 6.21. The lowest BCUT2D eigenvalue weighted by atomic mass is 9.68. The maximum Gasteiger partial charge on any atom is 0.231 e. The van der Waals surface area contributed by atoms with Crippen LogP contribution >= 0.6 is 0 Å². The molecule has 1 atom stereocenters. The number of hydrogen-bond acceptors (Lipinski definition) is 4. The van der Waals surface area contributed by atoms with E-state index in [-0.39, 0.29) is 5.60 Å². The lowest BCUT2D eigenvalue weighted by molar-refractivity contribution is -0.110. The molecule has 2 aliphatic heterocycles. The molecule has 2 aliphatic rings. The zero-order valence-electron chi connectivity index (χ0n) is 16.9. The van der Waals surface area contributed by atoms with Gasteiger partial charge in [-0.05, 0) is 75.1 Å². The highest BCUT2D eigenvalue weighted by Gasteiger charge is 2.40. The topological polar surface area (TPSA) is 39.7 Å². The van der Waals surface area contributed by atoms with Gasteiger partial charge in [-0.3, -0.25) is 0 Å². The number of fused-ring (bicyclic) bond motifs is 1. The Bertz CT molecular complexity index is 599. The van der Waals surface area contributed by atoms with Crippen LogP contribution in [0, 0.1) is 11.3 Å². The molecule has 26 heavy (non-hydrogen) atoms. The standard InChI is InChI=1S/C22H35NO3/c1-17(2)7-8-22(10-12-26-21(3,4)15-22)9-11-23-14-18-5-6-19-20(13-18)25-16-24-19/h5-6,13,17,23H,7-12,14-16H2,1-4H3. The summed E-state index contributed by atoms with van der Waals surface area (Å²) in [4.78, 5) is 0. The highest BCUT2D eigenvalue weighted by atomic mass is 16.7. The second-order valence-corrected chi connectivity index (χ2v) is 9.08. The monoisotopic (exact) mass is 361 g/mol. The van der Waals surface area contributed by atoms with Crippen molar-refractivity contribution in [3.8, 4) is 11.5 Å². The molecule has 1 aromatic rings. The number of rotatable bonds is 8. The zero-order chi connectivity index (χ0) is 18.6. The molecular weight excluding hydrogens is 326 g/mol. The summed E-state index contributed by atoms with van der Waals surface area (Å²) in [6.07, 6.45) is 6.19. The molecule has 0 bridgehead atoms. The van der Waals surface area contributed by atoms with E-state index in [0.29, 0.717) is 12.2 Å². The Morgan fingerprint density at radius 1 is 1.12 bits per heavy atom. The molecule has 2 heterocycles. The molecule has 0 aliphatic carbocycles. The summed E-state index contributed by atoms with van der Waals surface area (Å²) in [5.74, 6) is 2.48. The molecule has 4 heteroatoms. The van der Waals surface area contributed by atoms with Crippen molar-refractivity contribution >= 4 is 0 Å². The van der Waals surface area contributed by atoms with Gasteiger partial charge in [-0.15, -0.1) is 0 Å². The number of ether oxygens (including phenoxy) is 3. The molecule has 0 saturated carbocycles. The Labute approximate surface area is 158 Å². The van der Waals surface area contributed by atoms with Crippen molar-refractivity contribution < 1.29 is 14.2 Å². The molecular formula is C22H35NO3. The number of hydrogen-bond donors (Lipinski definition) is 1. The second kappa shape index (κ2) is 8.18. The van der Waals surface area contributed by atoms with Crippen molar-refractivity contribution in [2.75, 3.05) is 19.9 Å². The molecule has 3 rings (SSSR count). The van der Waals surface area contributed by atoms with Gasteiger partial charge in [0, 0.05) is 13.2 Å². The smallest absolute Gasteiger partial charge is 0.231 e. The van der Waals surface area contributed by atoms with Gasteiger partial charge in [0.2, 0.25) is 6.79 Å². The van der Waals surface area contributed by atoms with Crippen LogP contribution in [0.15, 0.2) is 18.2 Å². The van der Waals surface area contributed by atoms with Crippen molar-refractivity contribution in [3.63, 3.8) is 0 Å². The summed E-state index contributed by atoms with van der Waals surface area (Å²) < 4.78 is 16.9. The van der Waals surface area contributed by atoms with Crippen LogP contribution in [0.5, 0.6) is 11.5 Å². The summed E-state index contributed by atoms with van der Waals surface area (Å²) in [5.41, 5.74) is 1.67. The first-order chi connectivity index (χ1) is 12.4. The Kier molecular flexibility index (Phi) is 6.13. The molecule has 0 amide bonds. The van der Waals surface area contributed by atoms with E-state index in [0.717, 1.165) is 37.1 Å². The third kappa shape index (κ3) is 5.14. The van der Waals surface area contributed by atoms with Gasteiger partial charge in [-0.2, -0.15) is 0 Å². The SMILES string of the molecule is CC(C)CCC1(CCNCc2ccc3c(c2)OCO3)CCOC(C)(C)C1.